The first-order chi connectivity index (χ1) is 17.0. The number of aryl methyl sites for hydroxylation is 2. The molecule has 36 heavy (non-hydrogen) atoms. The van der Waals surface area contributed by atoms with Crippen molar-refractivity contribution in [3.05, 3.63) is 131 Å². The Morgan fingerprint density at radius 3 is 2.03 bits per heavy atom. The standard InChI is InChI=1S/C28H25F3N2O2S/c1-20-11-14-25(15-12-20)36(34,35)33-27(18-22-7-4-3-5-8-22,26-16-13-21(2)19-32-26)23-9-6-10-24(17-23)28(29,30)31/h3-17,19,33H,18H2,1-2H3. The van der Waals surface area contributed by atoms with Crippen LogP contribution in [0.1, 0.15) is 33.5 Å². The van der Waals surface area contributed by atoms with E-state index in [4.69, 9.17) is 0 Å². The second-order valence-corrected chi connectivity index (χ2v) is 10.5. The molecule has 1 unspecified atom stereocenters. The molecule has 1 N–H and O–H groups in total. The van der Waals surface area contributed by atoms with Crippen molar-refractivity contribution in [3.63, 3.8) is 0 Å². The number of nitrogens with one attached hydrogen (secondary N) is 1. The summed E-state index contributed by atoms with van der Waals surface area (Å²) in [6.45, 7) is 3.67. The van der Waals surface area contributed by atoms with Gasteiger partial charge in [-0.15, -0.1) is 0 Å². The molecule has 0 saturated heterocycles. The lowest BCUT2D eigenvalue weighted by molar-refractivity contribution is -0.137. The smallest absolute Gasteiger partial charge is 0.259 e. The monoisotopic (exact) mass is 510 g/mol. The Kier molecular flexibility index (Phi) is 7.02. The van der Waals surface area contributed by atoms with E-state index < -0.39 is 27.3 Å². The van der Waals surface area contributed by atoms with E-state index in [0.717, 1.165) is 28.8 Å². The third-order valence-electron chi connectivity index (χ3n) is 5.98. The van der Waals surface area contributed by atoms with Crippen molar-refractivity contribution in [2.75, 3.05) is 0 Å². The molecule has 4 nitrogen and oxygen atoms in total. The fourth-order valence-electron chi connectivity index (χ4n) is 4.08. The van der Waals surface area contributed by atoms with E-state index in [9.17, 15) is 21.6 Å². The molecule has 0 bridgehead atoms. The Morgan fingerprint density at radius 2 is 1.42 bits per heavy atom. The van der Waals surface area contributed by atoms with Crippen LogP contribution in [0.5, 0.6) is 0 Å². The van der Waals surface area contributed by atoms with Gasteiger partial charge in [0, 0.05) is 12.6 Å². The van der Waals surface area contributed by atoms with Gasteiger partial charge in [-0.2, -0.15) is 17.9 Å². The van der Waals surface area contributed by atoms with Crippen LogP contribution in [0.25, 0.3) is 0 Å². The van der Waals surface area contributed by atoms with E-state index >= 15 is 0 Å². The van der Waals surface area contributed by atoms with Gasteiger partial charge in [0.25, 0.3) is 0 Å². The van der Waals surface area contributed by atoms with Gasteiger partial charge >= 0.3 is 6.18 Å². The summed E-state index contributed by atoms with van der Waals surface area (Å²) in [7, 11) is -4.18. The Bertz CT molecular complexity index is 1440. The summed E-state index contributed by atoms with van der Waals surface area (Å²) in [5.41, 5.74) is 0.351. The maximum absolute atomic E-state index is 13.7. The molecule has 0 saturated carbocycles. The van der Waals surface area contributed by atoms with Crippen LogP contribution in [0.2, 0.25) is 0 Å². The van der Waals surface area contributed by atoms with Crippen LogP contribution >= 0.6 is 0 Å². The number of alkyl halides is 3. The van der Waals surface area contributed by atoms with Crippen molar-refractivity contribution >= 4 is 10.0 Å². The van der Waals surface area contributed by atoms with Crippen LogP contribution in [0.3, 0.4) is 0 Å². The number of halogens is 3. The van der Waals surface area contributed by atoms with E-state index in [1.807, 2.05) is 19.9 Å². The van der Waals surface area contributed by atoms with Crippen molar-refractivity contribution in [3.8, 4) is 0 Å². The summed E-state index contributed by atoms with van der Waals surface area (Å²) in [6, 6.07) is 23.4. The summed E-state index contributed by atoms with van der Waals surface area (Å²) in [4.78, 5) is 4.50. The number of pyridine rings is 1. The number of benzene rings is 3. The Labute approximate surface area is 208 Å². The minimum atomic E-state index is -4.61. The summed E-state index contributed by atoms with van der Waals surface area (Å²) >= 11 is 0. The first-order valence-corrected chi connectivity index (χ1v) is 12.7. The molecule has 4 aromatic rings. The molecule has 4 rings (SSSR count). The molecule has 1 heterocycles. The van der Waals surface area contributed by atoms with Gasteiger partial charge in [-0.05, 0) is 60.9 Å². The van der Waals surface area contributed by atoms with E-state index in [1.54, 1.807) is 54.7 Å². The normalized spacial score (nSPS) is 13.8. The molecule has 0 aliphatic heterocycles. The minimum Gasteiger partial charge on any atom is -0.259 e. The topological polar surface area (TPSA) is 59.1 Å². The zero-order valence-electron chi connectivity index (χ0n) is 19.8. The highest BCUT2D eigenvalue weighted by atomic mass is 32.2. The summed E-state index contributed by atoms with van der Waals surface area (Å²) < 4.78 is 71.3. The Hall–Kier alpha value is -3.49. The highest BCUT2D eigenvalue weighted by Gasteiger charge is 2.42. The fraction of sp³-hybridized carbons (Fsp3) is 0.179. The molecule has 0 aliphatic carbocycles. The van der Waals surface area contributed by atoms with Gasteiger partial charge < -0.3 is 0 Å². The molecule has 0 fully saturated rings. The molecule has 0 spiro atoms. The van der Waals surface area contributed by atoms with Gasteiger partial charge in [0.05, 0.1) is 16.2 Å². The van der Waals surface area contributed by atoms with Gasteiger partial charge in [0.1, 0.15) is 5.54 Å². The van der Waals surface area contributed by atoms with Crippen LogP contribution in [0.4, 0.5) is 13.2 Å². The lowest BCUT2D eigenvalue weighted by Crippen LogP contribution is -2.49. The zero-order valence-corrected chi connectivity index (χ0v) is 20.6. The minimum absolute atomic E-state index is 0.00428. The van der Waals surface area contributed by atoms with Crippen LogP contribution in [0.15, 0.2) is 102 Å². The third kappa shape index (κ3) is 5.50. The van der Waals surface area contributed by atoms with Crippen molar-refractivity contribution in [1.82, 2.24) is 9.71 Å². The predicted octanol–water partition coefficient (Wildman–Crippen LogP) is 6.18. The first kappa shape index (κ1) is 25.6. The Balaban J connectivity index is 1.99. The van der Waals surface area contributed by atoms with Crippen LogP contribution in [0, 0.1) is 13.8 Å². The summed E-state index contributed by atoms with van der Waals surface area (Å²) in [6.07, 6.45) is -3.00. The number of aromatic nitrogens is 1. The largest absolute Gasteiger partial charge is 0.416 e. The zero-order chi connectivity index (χ0) is 26.0. The molecule has 1 atom stereocenters. The molecule has 1 aromatic heterocycles. The lowest BCUT2D eigenvalue weighted by atomic mass is 9.81. The molecule has 0 radical (unpaired) electrons. The first-order valence-electron chi connectivity index (χ1n) is 11.3. The second-order valence-electron chi connectivity index (χ2n) is 8.79. The molecule has 0 amide bonds. The van der Waals surface area contributed by atoms with Crippen LogP contribution in [-0.2, 0) is 28.2 Å². The van der Waals surface area contributed by atoms with Crippen LogP contribution < -0.4 is 4.72 Å². The number of sulfonamides is 1. The molecule has 3 aromatic carbocycles. The second kappa shape index (κ2) is 9.87. The van der Waals surface area contributed by atoms with Gasteiger partial charge in [-0.1, -0.05) is 66.2 Å². The lowest BCUT2D eigenvalue weighted by Gasteiger charge is -2.35. The molecule has 0 aliphatic rings. The molecule has 186 valence electrons. The van der Waals surface area contributed by atoms with E-state index in [2.05, 4.69) is 9.71 Å². The van der Waals surface area contributed by atoms with Gasteiger partial charge in [-0.3, -0.25) is 4.98 Å². The summed E-state index contributed by atoms with van der Waals surface area (Å²) in [5.74, 6) is 0. The number of hydrogen-bond donors (Lipinski definition) is 1. The number of rotatable bonds is 7. The molecular weight excluding hydrogens is 485 g/mol. The average Bonchev–Trinajstić information content (AvgIpc) is 2.84. The SMILES string of the molecule is Cc1ccc(S(=O)(=O)NC(Cc2ccccc2)(c2cccc(C(F)(F)F)c2)c2ccc(C)cn2)cc1. The average molecular weight is 511 g/mol. The fourth-order valence-corrected chi connectivity index (χ4v) is 5.44. The molecular formula is C28H25F3N2O2S. The van der Waals surface area contributed by atoms with E-state index in [0.29, 0.717) is 0 Å². The highest BCUT2D eigenvalue weighted by molar-refractivity contribution is 7.89. The number of nitrogens with zero attached hydrogens (tertiary/aromatic N) is 1. The van der Waals surface area contributed by atoms with E-state index in [1.165, 1.54) is 24.3 Å². The van der Waals surface area contributed by atoms with Gasteiger partial charge in [0.15, 0.2) is 0 Å². The van der Waals surface area contributed by atoms with Gasteiger partial charge in [-0.25, -0.2) is 8.42 Å². The van der Waals surface area contributed by atoms with Crippen molar-refractivity contribution in [2.24, 2.45) is 0 Å². The number of hydrogen-bond acceptors (Lipinski definition) is 3. The van der Waals surface area contributed by atoms with Crippen molar-refractivity contribution < 1.29 is 21.6 Å². The van der Waals surface area contributed by atoms with Crippen molar-refractivity contribution in [2.45, 2.75) is 36.9 Å². The Morgan fingerprint density at radius 1 is 0.778 bits per heavy atom. The van der Waals surface area contributed by atoms with Gasteiger partial charge in [0.2, 0.25) is 10.0 Å². The maximum Gasteiger partial charge on any atom is 0.416 e. The third-order valence-corrected chi connectivity index (χ3v) is 7.49. The quantitative estimate of drug-likeness (QED) is 0.323. The molecule has 8 heteroatoms. The summed E-state index contributed by atoms with van der Waals surface area (Å²) in [5, 5.41) is 0. The van der Waals surface area contributed by atoms with E-state index in [-0.39, 0.29) is 22.6 Å². The van der Waals surface area contributed by atoms with Crippen LogP contribution in [-0.4, -0.2) is 13.4 Å². The van der Waals surface area contributed by atoms with Crippen molar-refractivity contribution in [1.29, 1.82) is 0 Å². The maximum atomic E-state index is 13.7. The highest BCUT2D eigenvalue weighted by Crippen LogP contribution is 2.38. The predicted molar refractivity (Wildman–Crippen MR) is 133 cm³/mol.